The maximum atomic E-state index is 12.0. The molecule has 1 aromatic rings. The summed E-state index contributed by atoms with van der Waals surface area (Å²) < 4.78 is 0. The first-order chi connectivity index (χ1) is 9.18. The lowest BCUT2D eigenvalue weighted by Gasteiger charge is -2.29. The quantitative estimate of drug-likeness (QED) is 0.896. The largest absolute Gasteiger partial charge is 0.341 e. The summed E-state index contributed by atoms with van der Waals surface area (Å²) >= 11 is 0. The van der Waals surface area contributed by atoms with Crippen molar-refractivity contribution >= 4 is 11.7 Å². The maximum Gasteiger partial charge on any atom is 0.272 e. The Balaban J connectivity index is 2.04. The van der Waals surface area contributed by atoms with Gasteiger partial charge in [0.05, 0.1) is 12.2 Å². The van der Waals surface area contributed by atoms with E-state index in [1.165, 1.54) is 31.9 Å². The summed E-state index contributed by atoms with van der Waals surface area (Å²) in [5.74, 6) is -0.0464. The molecule has 1 amide bonds. The fraction of sp³-hybridized carbons (Fsp3) is 0.571. The van der Waals surface area contributed by atoms with E-state index in [9.17, 15) is 9.59 Å². The molecule has 1 aromatic heterocycles. The Morgan fingerprint density at radius 3 is 2.58 bits per heavy atom. The van der Waals surface area contributed by atoms with Gasteiger partial charge in [0.25, 0.3) is 5.91 Å². The average molecular weight is 261 g/mol. The molecule has 0 spiro atoms. The fourth-order valence-corrected chi connectivity index (χ4v) is 2.65. The summed E-state index contributed by atoms with van der Waals surface area (Å²) in [6.07, 6.45) is 9.90. The second-order valence-electron chi connectivity index (χ2n) is 5.05. The monoisotopic (exact) mass is 261 g/mol. The number of rotatable bonds is 4. The van der Waals surface area contributed by atoms with Gasteiger partial charge in [-0.05, 0) is 25.7 Å². The third-order valence-electron chi connectivity index (χ3n) is 3.64. The highest BCUT2D eigenvalue weighted by Crippen LogP contribution is 2.27. The Hall–Kier alpha value is -1.78. The third-order valence-corrected chi connectivity index (χ3v) is 3.64. The molecule has 0 aromatic carbocycles. The SMILES string of the molecule is CC(=O)C(NC(=O)c1cnccn1)C1CCCCC1. The number of hydrogen-bond donors (Lipinski definition) is 1. The molecule has 19 heavy (non-hydrogen) atoms. The van der Waals surface area contributed by atoms with Crippen molar-refractivity contribution in [1.82, 2.24) is 15.3 Å². The van der Waals surface area contributed by atoms with Crippen molar-refractivity contribution in [3.05, 3.63) is 24.3 Å². The van der Waals surface area contributed by atoms with Gasteiger partial charge >= 0.3 is 0 Å². The number of Topliss-reactive ketones (excluding diaryl/α,β-unsaturated/α-hetero) is 1. The Morgan fingerprint density at radius 2 is 2.00 bits per heavy atom. The number of hydrogen-bond acceptors (Lipinski definition) is 4. The highest BCUT2D eigenvalue weighted by atomic mass is 16.2. The van der Waals surface area contributed by atoms with Crippen LogP contribution in [-0.2, 0) is 4.79 Å². The van der Waals surface area contributed by atoms with Crippen molar-refractivity contribution in [3.8, 4) is 0 Å². The molecule has 0 saturated heterocycles. The number of carbonyl (C=O) groups is 2. The number of nitrogens with zero attached hydrogens (tertiary/aromatic N) is 2. The van der Waals surface area contributed by atoms with Crippen molar-refractivity contribution < 1.29 is 9.59 Å². The van der Waals surface area contributed by atoms with Crippen LogP contribution in [0.25, 0.3) is 0 Å². The zero-order valence-electron chi connectivity index (χ0n) is 11.1. The maximum absolute atomic E-state index is 12.0. The van der Waals surface area contributed by atoms with Crippen molar-refractivity contribution in [3.63, 3.8) is 0 Å². The molecule has 1 fully saturated rings. The lowest BCUT2D eigenvalue weighted by molar-refractivity contribution is -0.120. The lowest BCUT2D eigenvalue weighted by atomic mass is 9.82. The highest BCUT2D eigenvalue weighted by molar-refractivity contribution is 5.95. The first-order valence-corrected chi connectivity index (χ1v) is 6.76. The molecule has 2 rings (SSSR count). The molecule has 0 radical (unpaired) electrons. The smallest absolute Gasteiger partial charge is 0.272 e. The minimum absolute atomic E-state index is 0.0177. The normalized spacial score (nSPS) is 17.7. The van der Waals surface area contributed by atoms with Gasteiger partial charge in [-0.3, -0.25) is 14.6 Å². The van der Waals surface area contributed by atoms with Crippen LogP contribution in [0.3, 0.4) is 0 Å². The zero-order chi connectivity index (χ0) is 13.7. The fourth-order valence-electron chi connectivity index (χ4n) is 2.65. The molecule has 0 aliphatic heterocycles. The number of nitrogens with one attached hydrogen (secondary N) is 1. The predicted octanol–water partition coefficient (Wildman–Crippen LogP) is 1.74. The molecule has 5 heteroatoms. The summed E-state index contributed by atoms with van der Waals surface area (Å²) in [4.78, 5) is 31.6. The van der Waals surface area contributed by atoms with Crippen LogP contribution >= 0.6 is 0 Å². The van der Waals surface area contributed by atoms with Gasteiger partial charge in [-0.15, -0.1) is 0 Å². The summed E-state index contributed by atoms with van der Waals surface area (Å²) in [6.45, 7) is 1.54. The first kappa shape index (κ1) is 13.6. The van der Waals surface area contributed by atoms with Crippen LogP contribution in [0.5, 0.6) is 0 Å². The van der Waals surface area contributed by atoms with Crippen LogP contribution < -0.4 is 5.32 Å². The van der Waals surface area contributed by atoms with E-state index in [0.717, 1.165) is 25.7 Å². The summed E-state index contributed by atoms with van der Waals surface area (Å²) in [5.41, 5.74) is 0.254. The van der Waals surface area contributed by atoms with Crippen LogP contribution in [0.2, 0.25) is 0 Å². The van der Waals surface area contributed by atoms with Gasteiger partial charge in [-0.1, -0.05) is 19.3 Å². The number of aromatic nitrogens is 2. The molecule has 1 heterocycles. The summed E-state index contributed by atoms with van der Waals surface area (Å²) in [5, 5.41) is 2.81. The molecular formula is C14H19N3O2. The van der Waals surface area contributed by atoms with Gasteiger partial charge in [0, 0.05) is 12.4 Å². The van der Waals surface area contributed by atoms with Gasteiger partial charge in [0.1, 0.15) is 5.69 Å². The second kappa shape index (κ2) is 6.41. The zero-order valence-corrected chi connectivity index (χ0v) is 11.1. The molecule has 5 nitrogen and oxygen atoms in total. The number of amides is 1. The van der Waals surface area contributed by atoms with E-state index in [1.807, 2.05) is 0 Å². The second-order valence-corrected chi connectivity index (χ2v) is 5.05. The first-order valence-electron chi connectivity index (χ1n) is 6.76. The van der Waals surface area contributed by atoms with E-state index in [1.54, 1.807) is 0 Å². The Kier molecular flexibility index (Phi) is 4.60. The molecule has 1 aliphatic rings. The minimum Gasteiger partial charge on any atom is -0.341 e. The topological polar surface area (TPSA) is 72.0 Å². The molecule has 1 atom stereocenters. The standard InChI is InChI=1S/C14H19N3O2/c1-10(18)13(11-5-3-2-4-6-11)17-14(19)12-9-15-7-8-16-12/h7-9,11,13H,2-6H2,1H3,(H,17,19). The van der Waals surface area contributed by atoms with Crippen molar-refractivity contribution in [2.45, 2.75) is 45.1 Å². The van der Waals surface area contributed by atoms with E-state index < -0.39 is 6.04 Å². The number of carbonyl (C=O) groups excluding carboxylic acids is 2. The Labute approximate surface area is 112 Å². The van der Waals surface area contributed by atoms with E-state index in [-0.39, 0.29) is 23.3 Å². The van der Waals surface area contributed by atoms with Crippen LogP contribution in [-0.4, -0.2) is 27.7 Å². The third kappa shape index (κ3) is 3.59. The molecule has 102 valence electrons. The Morgan fingerprint density at radius 1 is 1.26 bits per heavy atom. The molecule has 1 aliphatic carbocycles. The van der Waals surface area contributed by atoms with E-state index in [4.69, 9.17) is 0 Å². The van der Waals surface area contributed by atoms with E-state index >= 15 is 0 Å². The predicted molar refractivity (Wildman–Crippen MR) is 70.5 cm³/mol. The molecule has 1 unspecified atom stereocenters. The summed E-state index contributed by atoms with van der Waals surface area (Å²) in [7, 11) is 0. The van der Waals surface area contributed by atoms with Crippen LogP contribution in [0.4, 0.5) is 0 Å². The summed E-state index contributed by atoms with van der Waals surface area (Å²) in [6, 6.07) is -0.394. The van der Waals surface area contributed by atoms with Gasteiger partial charge in [-0.25, -0.2) is 4.98 Å². The number of ketones is 1. The van der Waals surface area contributed by atoms with Gasteiger partial charge in [0.15, 0.2) is 5.78 Å². The van der Waals surface area contributed by atoms with Crippen molar-refractivity contribution in [2.75, 3.05) is 0 Å². The lowest BCUT2D eigenvalue weighted by Crippen LogP contribution is -2.45. The van der Waals surface area contributed by atoms with Crippen LogP contribution in [0.15, 0.2) is 18.6 Å². The highest BCUT2D eigenvalue weighted by Gasteiger charge is 2.28. The van der Waals surface area contributed by atoms with Gasteiger partial charge in [-0.2, -0.15) is 0 Å². The van der Waals surface area contributed by atoms with Crippen LogP contribution in [0.1, 0.15) is 49.5 Å². The van der Waals surface area contributed by atoms with E-state index in [2.05, 4.69) is 15.3 Å². The molecule has 1 N–H and O–H groups in total. The van der Waals surface area contributed by atoms with Gasteiger partial charge < -0.3 is 5.32 Å². The molecular weight excluding hydrogens is 242 g/mol. The van der Waals surface area contributed by atoms with Crippen LogP contribution in [0, 0.1) is 5.92 Å². The minimum atomic E-state index is -0.394. The average Bonchev–Trinajstić information content (AvgIpc) is 2.46. The van der Waals surface area contributed by atoms with Crippen molar-refractivity contribution in [2.24, 2.45) is 5.92 Å². The van der Waals surface area contributed by atoms with Gasteiger partial charge in [0.2, 0.25) is 0 Å². The Bertz CT molecular complexity index is 441. The van der Waals surface area contributed by atoms with Crippen molar-refractivity contribution in [1.29, 1.82) is 0 Å². The van der Waals surface area contributed by atoms with E-state index in [0.29, 0.717) is 0 Å². The molecule has 0 bridgehead atoms. The molecule has 1 saturated carbocycles.